The van der Waals surface area contributed by atoms with Gasteiger partial charge in [0.05, 0.1) is 0 Å². The van der Waals surface area contributed by atoms with Crippen molar-refractivity contribution in [1.29, 1.82) is 0 Å². The lowest BCUT2D eigenvalue weighted by Crippen LogP contribution is -2.14. The third-order valence-corrected chi connectivity index (χ3v) is 3.07. The van der Waals surface area contributed by atoms with Gasteiger partial charge in [0.25, 0.3) is 0 Å². The van der Waals surface area contributed by atoms with Crippen molar-refractivity contribution in [2.75, 3.05) is 10.6 Å². The molecule has 1 aromatic heterocycles. The van der Waals surface area contributed by atoms with Crippen LogP contribution < -0.4 is 10.6 Å². The van der Waals surface area contributed by atoms with E-state index in [1.54, 1.807) is 0 Å². The number of hydrogen-bond donors (Lipinski definition) is 2. The Bertz CT molecular complexity index is 641. The maximum absolute atomic E-state index is 11.0. The molecule has 1 heterocycles. The quantitative estimate of drug-likeness (QED) is 0.903. The number of nitrogens with one attached hydrogen (secondary N) is 2. The van der Waals surface area contributed by atoms with Crippen LogP contribution in [0, 0.1) is 0 Å². The molecule has 0 aliphatic carbocycles. The Kier molecular flexibility index (Phi) is 4.49. The van der Waals surface area contributed by atoms with Gasteiger partial charge < -0.3 is 15.2 Å². The Morgan fingerprint density at radius 1 is 1.18 bits per heavy atom. The highest BCUT2D eigenvalue weighted by molar-refractivity contribution is 5.88. The van der Waals surface area contributed by atoms with Crippen molar-refractivity contribution in [1.82, 2.24) is 10.1 Å². The van der Waals surface area contributed by atoms with E-state index in [1.807, 2.05) is 52.0 Å². The first-order valence-electron chi connectivity index (χ1n) is 7.24. The van der Waals surface area contributed by atoms with E-state index in [0.717, 1.165) is 11.4 Å². The molecule has 1 atom stereocenters. The normalized spacial score (nSPS) is 12.8. The summed E-state index contributed by atoms with van der Waals surface area (Å²) in [6.07, 6.45) is 0. The van der Waals surface area contributed by atoms with Crippen LogP contribution in [0.3, 0.4) is 0 Å². The lowest BCUT2D eigenvalue weighted by Gasteiger charge is -2.13. The van der Waals surface area contributed by atoms with Crippen molar-refractivity contribution in [3.63, 3.8) is 0 Å². The van der Waals surface area contributed by atoms with E-state index in [0.29, 0.717) is 11.7 Å². The van der Waals surface area contributed by atoms with E-state index in [2.05, 4.69) is 20.8 Å². The van der Waals surface area contributed by atoms with Crippen molar-refractivity contribution in [3.05, 3.63) is 36.0 Å². The van der Waals surface area contributed by atoms with Crippen LogP contribution in [0.25, 0.3) is 0 Å². The molecule has 118 valence electrons. The van der Waals surface area contributed by atoms with E-state index >= 15 is 0 Å². The largest absolute Gasteiger partial charge is 0.374 e. The molecule has 2 N–H and O–H groups in total. The molecule has 0 saturated carbocycles. The fourth-order valence-electron chi connectivity index (χ4n) is 1.88. The van der Waals surface area contributed by atoms with Crippen LogP contribution in [0.1, 0.15) is 52.4 Å². The van der Waals surface area contributed by atoms with Crippen molar-refractivity contribution in [3.8, 4) is 0 Å². The molecule has 6 heteroatoms. The summed E-state index contributed by atoms with van der Waals surface area (Å²) in [6.45, 7) is 9.57. The highest BCUT2D eigenvalue weighted by atomic mass is 16.5. The van der Waals surface area contributed by atoms with Gasteiger partial charge in [-0.2, -0.15) is 4.98 Å². The third kappa shape index (κ3) is 4.07. The monoisotopic (exact) mass is 302 g/mol. The number of benzene rings is 1. The molecule has 0 aliphatic heterocycles. The summed E-state index contributed by atoms with van der Waals surface area (Å²) in [7, 11) is 0. The molecule has 2 rings (SSSR count). The van der Waals surface area contributed by atoms with Crippen LogP contribution in [0.5, 0.6) is 0 Å². The highest BCUT2D eigenvalue weighted by Gasteiger charge is 2.23. The summed E-state index contributed by atoms with van der Waals surface area (Å²) in [4.78, 5) is 15.4. The third-order valence-electron chi connectivity index (χ3n) is 3.07. The molecular formula is C16H22N4O2. The summed E-state index contributed by atoms with van der Waals surface area (Å²) < 4.78 is 5.32. The molecule has 2 aromatic rings. The minimum absolute atomic E-state index is 0.0883. The van der Waals surface area contributed by atoms with Gasteiger partial charge >= 0.3 is 0 Å². The van der Waals surface area contributed by atoms with Gasteiger partial charge in [-0.15, -0.1) is 0 Å². The molecule has 6 nitrogen and oxygen atoms in total. The van der Waals surface area contributed by atoms with Crippen LogP contribution in [0.15, 0.2) is 28.8 Å². The predicted molar refractivity (Wildman–Crippen MR) is 85.8 cm³/mol. The maximum Gasteiger partial charge on any atom is 0.248 e. The molecule has 1 aromatic carbocycles. The Labute approximate surface area is 130 Å². The SMILES string of the molecule is CC(=O)Nc1ccc(NC(C)c2nc(C(C)(C)C)no2)cc1. The number of hydrogen-bond acceptors (Lipinski definition) is 5. The number of anilines is 2. The van der Waals surface area contributed by atoms with Crippen molar-refractivity contribution in [2.24, 2.45) is 0 Å². The van der Waals surface area contributed by atoms with Crippen LogP contribution in [0.2, 0.25) is 0 Å². The van der Waals surface area contributed by atoms with Gasteiger partial charge in [-0.25, -0.2) is 0 Å². The van der Waals surface area contributed by atoms with Crippen LogP contribution in [-0.4, -0.2) is 16.0 Å². The molecule has 22 heavy (non-hydrogen) atoms. The number of carbonyl (C=O) groups excluding carboxylic acids is 1. The number of amides is 1. The predicted octanol–water partition coefficient (Wildman–Crippen LogP) is 3.50. The van der Waals surface area contributed by atoms with E-state index in [1.165, 1.54) is 6.92 Å². The topological polar surface area (TPSA) is 80.0 Å². The summed E-state index contributed by atoms with van der Waals surface area (Å²) in [5, 5.41) is 10.0. The fourth-order valence-corrected chi connectivity index (χ4v) is 1.88. The van der Waals surface area contributed by atoms with E-state index in [9.17, 15) is 4.79 Å². The molecule has 0 bridgehead atoms. The lowest BCUT2D eigenvalue weighted by atomic mass is 9.96. The molecular weight excluding hydrogens is 280 g/mol. The second kappa shape index (κ2) is 6.17. The second-order valence-corrected chi connectivity index (χ2v) is 6.33. The van der Waals surface area contributed by atoms with E-state index < -0.39 is 0 Å². The minimum Gasteiger partial charge on any atom is -0.374 e. The molecule has 0 saturated heterocycles. The lowest BCUT2D eigenvalue weighted by molar-refractivity contribution is -0.114. The number of carbonyl (C=O) groups is 1. The molecule has 1 unspecified atom stereocenters. The standard InChI is InChI=1S/C16H22N4O2/c1-10(14-19-15(20-22-14)16(3,4)5)17-12-6-8-13(9-7-12)18-11(2)21/h6-10,17H,1-5H3,(H,18,21). The average molecular weight is 302 g/mol. The maximum atomic E-state index is 11.0. The zero-order valence-corrected chi connectivity index (χ0v) is 13.6. The number of aromatic nitrogens is 2. The Morgan fingerprint density at radius 3 is 2.27 bits per heavy atom. The first-order chi connectivity index (χ1) is 10.3. The highest BCUT2D eigenvalue weighted by Crippen LogP contribution is 2.23. The first-order valence-corrected chi connectivity index (χ1v) is 7.24. The van der Waals surface area contributed by atoms with Crippen molar-refractivity contribution in [2.45, 2.75) is 46.1 Å². The van der Waals surface area contributed by atoms with Gasteiger partial charge in [-0.3, -0.25) is 4.79 Å². The van der Waals surface area contributed by atoms with Gasteiger partial charge in [0.15, 0.2) is 5.82 Å². The van der Waals surface area contributed by atoms with Crippen LogP contribution in [-0.2, 0) is 10.2 Å². The summed E-state index contributed by atoms with van der Waals surface area (Å²) in [5.74, 6) is 1.16. The van der Waals surface area contributed by atoms with Gasteiger partial charge in [-0.05, 0) is 31.2 Å². The summed E-state index contributed by atoms with van der Waals surface area (Å²) >= 11 is 0. The first kappa shape index (κ1) is 16.0. The van der Waals surface area contributed by atoms with Crippen molar-refractivity contribution >= 4 is 17.3 Å². The molecule has 0 fully saturated rings. The Hall–Kier alpha value is -2.37. The molecule has 0 radical (unpaired) electrons. The van der Waals surface area contributed by atoms with Gasteiger partial charge in [0.2, 0.25) is 11.8 Å². The van der Waals surface area contributed by atoms with Gasteiger partial charge in [-0.1, -0.05) is 25.9 Å². The second-order valence-electron chi connectivity index (χ2n) is 6.33. The fraction of sp³-hybridized carbons (Fsp3) is 0.438. The Balaban J connectivity index is 2.04. The molecule has 0 spiro atoms. The van der Waals surface area contributed by atoms with Crippen LogP contribution in [0.4, 0.5) is 11.4 Å². The summed E-state index contributed by atoms with van der Waals surface area (Å²) in [6, 6.07) is 7.36. The average Bonchev–Trinajstić information content (AvgIpc) is 2.90. The van der Waals surface area contributed by atoms with Gasteiger partial charge in [0, 0.05) is 23.7 Å². The number of nitrogens with zero attached hydrogens (tertiary/aromatic N) is 2. The van der Waals surface area contributed by atoms with Crippen LogP contribution >= 0.6 is 0 Å². The Morgan fingerprint density at radius 2 is 1.77 bits per heavy atom. The summed E-state index contributed by atoms with van der Waals surface area (Å²) in [5.41, 5.74) is 1.54. The minimum atomic E-state index is -0.137. The zero-order valence-electron chi connectivity index (χ0n) is 13.6. The smallest absolute Gasteiger partial charge is 0.248 e. The number of rotatable bonds is 4. The van der Waals surface area contributed by atoms with Gasteiger partial charge in [0.1, 0.15) is 6.04 Å². The van der Waals surface area contributed by atoms with E-state index in [4.69, 9.17) is 4.52 Å². The molecule has 0 aliphatic rings. The van der Waals surface area contributed by atoms with Crippen molar-refractivity contribution < 1.29 is 9.32 Å². The molecule has 1 amide bonds. The van der Waals surface area contributed by atoms with E-state index in [-0.39, 0.29) is 17.4 Å². The zero-order chi connectivity index (χ0) is 16.3.